The predicted molar refractivity (Wildman–Crippen MR) is 93.2 cm³/mol. The minimum absolute atomic E-state index is 0. The molecule has 5 nitrogen and oxygen atoms in total. The van der Waals surface area contributed by atoms with Crippen LogP contribution in [0.3, 0.4) is 0 Å². The number of ketones is 1. The number of hydrogen-bond donors (Lipinski definition) is 2. The Balaban J connectivity index is 0.00000146. The number of rotatable bonds is 1. The highest BCUT2D eigenvalue weighted by molar-refractivity contribution is 8.93. The van der Waals surface area contributed by atoms with E-state index >= 15 is 0 Å². The van der Waals surface area contributed by atoms with E-state index in [9.17, 15) is 9.90 Å². The number of piperidine rings is 1. The largest absolute Gasteiger partial charge is 0.504 e. The van der Waals surface area contributed by atoms with E-state index < -0.39 is 16.6 Å². The summed E-state index contributed by atoms with van der Waals surface area (Å²) in [6.07, 6.45) is 2.77. The standard InChI is InChI=1S/C18H21NO4.BrH/c1-16-13(21)5-6-18(22-2)12-9-10-3-4-11(20)15(23-16)14(10)17(16,18)7-8-19-12;/h3-4,12,19-20H,5-9H2,1-2H3;1H/t12-,16+,17+,18-;/m1./s1. The van der Waals surface area contributed by atoms with Crippen LogP contribution >= 0.6 is 17.0 Å². The van der Waals surface area contributed by atoms with Crippen LogP contribution in [-0.4, -0.2) is 41.8 Å². The Morgan fingerprint density at radius 3 is 2.92 bits per heavy atom. The van der Waals surface area contributed by atoms with Crippen LogP contribution in [0.5, 0.6) is 11.5 Å². The summed E-state index contributed by atoms with van der Waals surface area (Å²) in [5.74, 6) is 0.750. The molecule has 1 saturated carbocycles. The van der Waals surface area contributed by atoms with Crippen LogP contribution in [0.1, 0.15) is 37.3 Å². The lowest BCUT2D eigenvalue weighted by Crippen LogP contribution is -2.80. The van der Waals surface area contributed by atoms with Crippen LogP contribution < -0.4 is 10.1 Å². The minimum Gasteiger partial charge on any atom is -0.504 e. The first-order valence-corrected chi connectivity index (χ1v) is 8.36. The monoisotopic (exact) mass is 395 g/mol. The average Bonchev–Trinajstić information content (AvgIpc) is 2.81. The van der Waals surface area contributed by atoms with E-state index in [0.717, 1.165) is 24.9 Å². The Bertz CT molecular complexity index is 753. The van der Waals surface area contributed by atoms with Gasteiger partial charge in [-0.3, -0.25) is 4.79 Å². The molecule has 0 radical (unpaired) electrons. The second-order valence-corrected chi connectivity index (χ2v) is 7.47. The van der Waals surface area contributed by atoms with Gasteiger partial charge in [-0.25, -0.2) is 0 Å². The summed E-state index contributed by atoms with van der Waals surface area (Å²) < 4.78 is 12.4. The molecule has 0 aromatic heterocycles. The van der Waals surface area contributed by atoms with E-state index in [4.69, 9.17) is 9.47 Å². The Hall–Kier alpha value is -1.11. The van der Waals surface area contributed by atoms with E-state index in [1.54, 1.807) is 13.2 Å². The third-order valence-electron chi connectivity index (χ3n) is 6.99. The summed E-state index contributed by atoms with van der Waals surface area (Å²) >= 11 is 0. The SMILES string of the molecule is Br.CO[C@@]12CCC(=O)[C@]3(C)Oc4c(O)ccc5c4[C@@]31CCN[C@@H]2C5. The quantitative estimate of drug-likeness (QED) is 0.761. The number of carbonyl (C=O) groups excluding carboxylic acids is 1. The van der Waals surface area contributed by atoms with Gasteiger partial charge >= 0.3 is 0 Å². The van der Waals surface area contributed by atoms with E-state index in [0.29, 0.717) is 18.6 Å². The van der Waals surface area contributed by atoms with E-state index in [2.05, 4.69) is 5.32 Å². The van der Waals surface area contributed by atoms with Crippen molar-refractivity contribution in [2.24, 2.45) is 0 Å². The van der Waals surface area contributed by atoms with Crippen LogP contribution in [0.25, 0.3) is 0 Å². The zero-order valence-corrected chi connectivity index (χ0v) is 15.6. The topological polar surface area (TPSA) is 67.8 Å². The molecular weight excluding hydrogens is 374 g/mol. The van der Waals surface area contributed by atoms with Gasteiger partial charge in [-0.2, -0.15) is 0 Å². The molecule has 4 aliphatic rings. The van der Waals surface area contributed by atoms with Crippen molar-refractivity contribution in [3.63, 3.8) is 0 Å². The number of halogens is 1. The Morgan fingerprint density at radius 2 is 2.17 bits per heavy atom. The summed E-state index contributed by atoms with van der Waals surface area (Å²) in [6.45, 7) is 2.73. The lowest BCUT2D eigenvalue weighted by Gasteiger charge is -2.64. The van der Waals surface area contributed by atoms with Crippen molar-refractivity contribution in [2.75, 3.05) is 13.7 Å². The first-order chi connectivity index (χ1) is 11.0. The van der Waals surface area contributed by atoms with Crippen LogP contribution in [0, 0.1) is 0 Å². The number of aromatic hydroxyl groups is 1. The highest BCUT2D eigenvalue weighted by Crippen LogP contribution is 2.68. The van der Waals surface area contributed by atoms with Gasteiger partial charge in [0.05, 0.1) is 11.0 Å². The summed E-state index contributed by atoms with van der Waals surface area (Å²) in [4.78, 5) is 12.9. The molecule has 1 aromatic rings. The van der Waals surface area contributed by atoms with Crippen molar-refractivity contribution in [1.29, 1.82) is 0 Å². The minimum atomic E-state index is -0.960. The normalized spacial score (nSPS) is 41.2. The molecule has 2 N–H and O–H groups in total. The number of methoxy groups -OCH3 is 1. The molecule has 4 atom stereocenters. The Labute approximate surface area is 151 Å². The molecule has 24 heavy (non-hydrogen) atoms. The number of hydrogen-bond acceptors (Lipinski definition) is 5. The molecule has 1 saturated heterocycles. The molecule has 1 aromatic carbocycles. The molecule has 6 heteroatoms. The Morgan fingerprint density at radius 1 is 1.38 bits per heavy atom. The highest BCUT2D eigenvalue weighted by atomic mass is 79.9. The number of phenols is 1. The number of carbonyl (C=O) groups is 1. The van der Waals surface area contributed by atoms with Crippen molar-refractivity contribution >= 4 is 22.8 Å². The summed E-state index contributed by atoms with van der Waals surface area (Å²) in [6, 6.07) is 3.83. The predicted octanol–water partition coefficient (Wildman–Crippen LogP) is 2.03. The molecule has 0 unspecified atom stereocenters. The maximum Gasteiger partial charge on any atom is 0.177 e. The summed E-state index contributed by atoms with van der Waals surface area (Å²) in [7, 11) is 1.75. The fourth-order valence-electron chi connectivity index (χ4n) is 6.07. The van der Waals surface area contributed by atoms with Crippen LogP contribution in [0.15, 0.2) is 12.1 Å². The van der Waals surface area contributed by atoms with Gasteiger partial charge in [0.2, 0.25) is 0 Å². The molecule has 2 fully saturated rings. The molecule has 2 aliphatic carbocycles. The maximum atomic E-state index is 12.9. The fraction of sp³-hybridized carbons (Fsp3) is 0.611. The molecule has 2 heterocycles. The van der Waals surface area contributed by atoms with Gasteiger partial charge in [-0.15, -0.1) is 17.0 Å². The molecule has 2 bridgehead atoms. The molecule has 0 amide bonds. The van der Waals surface area contributed by atoms with Gasteiger partial charge < -0.3 is 19.9 Å². The average molecular weight is 396 g/mol. The van der Waals surface area contributed by atoms with Crippen LogP contribution in [0.4, 0.5) is 0 Å². The van der Waals surface area contributed by atoms with E-state index in [1.807, 2.05) is 13.0 Å². The van der Waals surface area contributed by atoms with Crippen molar-refractivity contribution in [3.8, 4) is 11.5 Å². The second-order valence-electron chi connectivity index (χ2n) is 7.47. The maximum absolute atomic E-state index is 12.9. The third-order valence-corrected chi connectivity index (χ3v) is 6.99. The van der Waals surface area contributed by atoms with Gasteiger partial charge in [0.25, 0.3) is 0 Å². The highest BCUT2D eigenvalue weighted by Gasteiger charge is 2.77. The second kappa shape index (κ2) is 4.74. The van der Waals surface area contributed by atoms with E-state index in [1.165, 1.54) is 5.56 Å². The summed E-state index contributed by atoms with van der Waals surface area (Å²) in [5.41, 5.74) is 0.258. The van der Waals surface area contributed by atoms with Crippen LogP contribution in [-0.2, 0) is 21.4 Å². The fourth-order valence-corrected chi connectivity index (χ4v) is 6.07. The van der Waals surface area contributed by atoms with Gasteiger partial charge in [0.1, 0.15) is 0 Å². The molecular formula is C18H22BrNO4. The smallest absolute Gasteiger partial charge is 0.177 e. The van der Waals surface area contributed by atoms with E-state index in [-0.39, 0.29) is 34.6 Å². The first-order valence-electron chi connectivity index (χ1n) is 8.36. The number of phenolic OH excluding ortho intramolecular Hbond substituents is 1. The number of benzene rings is 1. The number of nitrogens with one attached hydrogen (secondary N) is 1. The van der Waals surface area contributed by atoms with Gasteiger partial charge in [0.15, 0.2) is 22.9 Å². The number of ether oxygens (including phenoxy) is 2. The molecule has 5 rings (SSSR count). The van der Waals surface area contributed by atoms with Crippen molar-refractivity contribution < 1.29 is 19.4 Å². The van der Waals surface area contributed by atoms with Crippen molar-refractivity contribution in [1.82, 2.24) is 5.32 Å². The molecule has 1 spiro atoms. The first kappa shape index (κ1) is 16.4. The zero-order chi connectivity index (χ0) is 16.0. The summed E-state index contributed by atoms with van der Waals surface area (Å²) in [5, 5.41) is 14.0. The lowest BCUT2D eigenvalue weighted by molar-refractivity contribution is -0.199. The van der Waals surface area contributed by atoms with Gasteiger partial charge in [0, 0.05) is 25.1 Å². The van der Waals surface area contributed by atoms with Crippen molar-refractivity contribution in [3.05, 3.63) is 23.3 Å². The molecule has 130 valence electrons. The van der Waals surface area contributed by atoms with Gasteiger partial charge in [-0.05, 0) is 44.4 Å². The van der Waals surface area contributed by atoms with Gasteiger partial charge in [-0.1, -0.05) is 6.07 Å². The van der Waals surface area contributed by atoms with Crippen LogP contribution in [0.2, 0.25) is 0 Å². The molecule has 2 aliphatic heterocycles. The zero-order valence-electron chi connectivity index (χ0n) is 13.8. The lowest BCUT2D eigenvalue weighted by atomic mass is 9.45. The Kier molecular flexibility index (Phi) is 3.23. The number of Topliss-reactive ketones (excluding diaryl/α,β-unsaturated/α-hetero) is 1. The van der Waals surface area contributed by atoms with Crippen molar-refractivity contribution in [2.45, 2.75) is 55.3 Å². The third kappa shape index (κ3) is 1.40.